The van der Waals surface area contributed by atoms with Crippen LogP contribution in [0.3, 0.4) is 0 Å². The lowest BCUT2D eigenvalue weighted by molar-refractivity contribution is -0.116. The smallest absolute Gasteiger partial charge is 0.240 e. The third-order valence-electron chi connectivity index (χ3n) is 4.11. The molecule has 8 heteroatoms. The van der Waals surface area contributed by atoms with E-state index in [1.807, 2.05) is 17.5 Å². The lowest BCUT2D eigenvalue weighted by Crippen LogP contribution is -2.27. The molecule has 0 atom stereocenters. The average molecular weight is 416 g/mol. The van der Waals surface area contributed by atoms with E-state index in [1.165, 1.54) is 29.0 Å². The van der Waals surface area contributed by atoms with Crippen molar-refractivity contribution in [3.05, 3.63) is 65.5 Å². The topological polar surface area (TPSA) is 88.2 Å². The van der Waals surface area contributed by atoms with Gasteiger partial charge in [0.1, 0.15) is 0 Å². The van der Waals surface area contributed by atoms with Gasteiger partial charge in [-0.25, -0.2) is 18.1 Å². The third kappa shape index (κ3) is 5.25. The first-order chi connectivity index (χ1) is 13.5. The van der Waals surface area contributed by atoms with E-state index < -0.39 is 10.0 Å². The quantitative estimate of drug-likeness (QED) is 0.587. The van der Waals surface area contributed by atoms with Crippen molar-refractivity contribution in [1.29, 1.82) is 0 Å². The van der Waals surface area contributed by atoms with E-state index in [0.717, 1.165) is 17.7 Å². The minimum absolute atomic E-state index is 0.0137. The van der Waals surface area contributed by atoms with E-state index in [2.05, 4.69) is 34.1 Å². The number of thiazole rings is 1. The minimum Gasteiger partial charge on any atom is -0.302 e. The van der Waals surface area contributed by atoms with Crippen LogP contribution in [0.1, 0.15) is 18.9 Å². The maximum Gasteiger partial charge on any atom is 0.240 e. The second-order valence-electron chi connectivity index (χ2n) is 6.10. The fourth-order valence-electron chi connectivity index (χ4n) is 2.54. The Kier molecular flexibility index (Phi) is 6.56. The summed E-state index contributed by atoms with van der Waals surface area (Å²) in [5.41, 5.74) is 3.04. The van der Waals surface area contributed by atoms with Crippen LogP contribution in [0, 0.1) is 0 Å². The normalized spacial score (nSPS) is 11.3. The number of carbonyl (C=O) groups excluding carboxylic acids is 1. The molecule has 0 saturated carbocycles. The van der Waals surface area contributed by atoms with Crippen LogP contribution < -0.4 is 10.0 Å². The molecule has 3 aromatic rings. The summed E-state index contributed by atoms with van der Waals surface area (Å²) in [5, 5.41) is 5.09. The van der Waals surface area contributed by atoms with Crippen molar-refractivity contribution in [3.63, 3.8) is 0 Å². The highest BCUT2D eigenvalue weighted by atomic mass is 32.2. The average Bonchev–Trinajstić information content (AvgIpc) is 3.17. The molecule has 0 aliphatic heterocycles. The van der Waals surface area contributed by atoms with E-state index >= 15 is 0 Å². The molecule has 0 fully saturated rings. The Hall–Kier alpha value is -2.55. The molecule has 0 saturated heterocycles. The van der Waals surface area contributed by atoms with Gasteiger partial charge in [-0.3, -0.25) is 4.79 Å². The fraction of sp³-hybridized carbons (Fsp3) is 0.200. The molecule has 1 aromatic heterocycles. The molecular weight excluding hydrogens is 394 g/mol. The second kappa shape index (κ2) is 9.09. The van der Waals surface area contributed by atoms with Crippen LogP contribution in [-0.2, 0) is 21.2 Å². The molecule has 0 spiro atoms. The van der Waals surface area contributed by atoms with Gasteiger partial charge >= 0.3 is 0 Å². The molecule has 0 bridgehead atoms. The monoisotopic (exact) mass is 415 g/mol. The number of nitrogens with one attached hydrogen (secondary N) is 2. The highest BCUT2D eigenvalue weighted by molar-refractivity contribution is 7.89. The molecule has 3 rings (SSSR count). The molecule has 1 amide bonds. The molecule has 1 heterocycles. The molecule has 2 aromatic carbocycles. The summed E-state index contributed by atoms with van der Waals surface area (Å²) in [4.78, 5) is 16.7. The number of aromatic nitrogens is 1. The summed E-state index contributed by atoms with van der Waals surface area (Å²) in [5.74, 6) is -0.294. The lowest BCUT2D eigenvalue weighted by atomic mass is 10.1. The van der Waals surface area contributed by atoms with Gasteiger partial charge in [0.15, 0.2) is 5.13 Å². The molecule has 146 valence electrons. The third-order valence-corrected chi connectivity index (χ3v) is 6.34. The van der Waals surface area contributed by atoms with Gasteiger partial charge in [0.25, 0.3) is 0 Å². The highest BCUT2D eigenvalue weighted by Gasteiger charge is 2.14. The first-order valence-corrected chi connectivity index (χ1v) is 11.2. The van der Waals surface area contributed by atoms with Gasteiger partial charge in [0.05, 0.1) is 10.6 Å². The first-order valence-electron chi connectivity index (χ1n) is 8.87. The number of anilines is 1. The Morgan fingerprint density at radius 1 is 1.07 bits per heavy atom. The van der Waals surface area contributed by atoms with Gasteiger partial charge in [0.2, 0.25) is 15.9 Å². The molecule has 6 nitrogen and oxygen atoms in total. The van der Waals surface area contributed by atoms with E-state index in [4.69, 9.17) is 0 Å². The molecule has 0 unspecified atom stereocenters. The van der Waals surface area contributed by atoms with Crippen LogP contribution in [0.4, 0.5) is 5.13 Å². The molecule has 0 radical (unpaired) electrons. The van der Waals surface area contributed by atoms with Crippen molar-refractivity contribution >= 4 is 32.4 Å². The molecule has 28 heavy (non-hydrogen) atoms. The SMILES string of the molecule is CCc1ccc(-c2csc(NC(=O)CCNS(=O)(=O)c3ccccc3)n2)cc1. The number of carbonyl (C=O) groups is 1. The zero-order valence-electron chi connectivity index (χ0n) is 15.4. The number of aryl methyl sites for hydroxylation is 1. The zero-order chi connectivity index (χ0) is 20.0. The fourth-order valence-corrected chi connectivity index (χ4v) is 4.33. The summed E-state index contributed by atoms with van der Waals surface area (Å²) in [6, 6.07) is 16.2. The van der Waals surface area contributed by atoms with Gasteiger partial charge in [-0.1, -0.05) is 49.4 Å². The van der Waals surface area contributed by atoms with Crippen molar-refractivity contribution in [2.45, 2.75) is 24.7 Å². The predicted octanol–water partition coefficient (Wildman–Crippen LogP) is 3.68. The Bertz CT molecular complexity index is 1030. The molecule has 0 aliphatic rings. The maximum absolute atomic E-state index is 12.1. The van der Waals surface area contributed by atoms with Crippen LogP contribution >= 0.6 is 11.3 Å². The van der Waals surface area contributed by atoms with Crippen LogP contribution in [0.5, 0.6) is 0 Å². The Morgan fingerprint density at radius 2 is 1.79 bits per heavy atom. The predicted molar refractivity (Wildman–Crippen MR) is 112 cm³/mol. The zero-order valence-corrected chi connectivity index (χ0v) is 17.0. The summed E-state index contributed by atoms with van der Waals surface area (Å²) in [6.45, 7) is 2.12. The summed E-state index contributed by atoms with van der Waals surface area (Å²) in [6.07, 6.45) is 0.999. The molecule has 0 aliphatic carbocycles. The number of hydrogen-bond acceptors (Lipinski definition) is 5. The number of sulfonamides is 1. The first kappa shape index (κ1) is 20.2. The second-order valence-corrected chi connectivity index (χ2v) is 8.72. The van der Waals surface area contributed by atoms with Gasteiger partial charge < -0.3 is 5.32 Å². The number of benzene rings is 2. The van der Waals surface area contributed by atoms with Gasteiger partial charge in [-0.15, -0.1) is 11.3 Å². The Labute approximate surface area is 168 Å². The number of nitrogens with zero attached hydrogens (tertiary/aromatic N) is 1. The van der Waals surface area contributed by atoms with Crippen LogP contribution in [-0.4, -0.2) is 25.9 Å². The van der Waals surface area contributed by atoms with Crippen molar-refractivity contribution in [2.75, 3.05) is 11.9 Å². The summed E-state index contributed by atoms with van der Waals surface area (Å²) < 4.78 is 26.7. The van der Waals surface area contributed by atoms with Crippen molar-refractivity contribution in [2.24, 2.45) is 0 Å². The summed E-state index contributed by atoms with van der Waals surface area (Å²) in [7, 11) is -3.61. The van der Waals surface area contributed by atoms with Crippen molar-refractivity contribution < 1.29 is 13.2 Å². The lowest BCUT2D eigenvalue weighted by Gasteiger charge is -2.06. The van der Waals surface area contributed by atoms with E-state index in [-0.39, 0.29) is 23.8 Å². The van der Waals surface area contributed by atoms with E-state index in [0.29, 0.717) is 5.13 Å². The number of amides is 1. The Morgan fingerprint density at radius 3 is 2.46 bits per heavy atom. The Balaban J connectivity index is 1.52. The highest BCUT2D eigenvalue weighted by Crippen LogP contribution is 2.25. The van der Waals surface area contributed by atoms with Crippen molar-refractivity contribution in [1.82, 2.24) is 9.71 Å². The number of hydrogen-bond donors (Lipinski definition) is 2. The minimum atomic E-state index is -3.61. The van der Waals surface area contributed by atoms with E-state index in [1.54, 1.807) is 18.2 Å². The molecule has 2 N–H and O–H groups in total. The van der Waals surface area contributed by atoms with Gasteiger partial charge in [0, 0.05) is 23.9 Å². The molecular formula is C20H21N3O3S2. The van der Waals surface area contributed by atoms with Crippen molar-refractivity contribution in [3.8, 4) is 11.3 Å². The van der Waals surface area contributed by atoms with Crippen LogP contribution in [0.25, 0.3) is 11.3 Å². The van der Waals surface area contributed by atoms with Crippen LogP contribution in [0.2, 0.25) is 0 Å². The maximum atomic E-state index is 12.1. The van der Waals surface area contributed by atoms with Crippen LogP contribution in [0.15, 0.2) is 64.9 Å². The summed E-state index contributed by atoms with van der Waals surface area (Å²) >= 11 is 1.34. The standard InChI is InChI=1S/C20H21N3O3S2/c1-2-15-8-10-16(11-9-15)18-14-27-20(22-18)23-19(24)12-13-21-28(25,26)17-6-4-3-5-7-17/h3-11,14,21H,2,12-13H2,1H3,(H,22,23,24). The number of rotatable bonds is 8. The van der Waals surface area contributed by atoms with Gasteiger partial charge in [-0.2, -0.15) is 0 Å². The van der Waals surface area contributed by atoms with E-state index in [9.17, 15) is 13.2 Å². The largest absolute Gasteiger partial charge is 0.302 e. The van der Waals surface area contributed by atoms with Gasteiger partial charge in [-0.05, 0) is 24.1 Å².